The molecule has 19 heteroatoms. The van der Waals surface area contributed by atoms with Gasteiger partial charge in [0, 0.05) is 66.1 Å². The number of hydrogen-bond donors (Lipinski definition) is 7. The van der Waals surface area contributed by atoms with Crippen molar-refractivity contribution in [3.05, 3.63) is 151 Å². The van der Waals surface area contributed by atoms with Crippen molar-refractivity contribution in [1.29, 1.82) is 0 Å². The average Bonchev–Trinajstić information content (AvgIpc) is 3.69. The number of aryl methyl sites for hydroxylation is 2. The van der Waals surface area contributed by atoms with Crippen molar-refractivity contribution in [3.63, 3.8) is 0 Å². The first kappa shape index (κ1) is 44.8. The molecule has 6 rings (SSSR count). The van der Waals surface area contributed by atoms with Crippen molar-refractivity contribution in [2.24, 2.45) is 4.99 Å². The van der Waals surface area contributed by atoms with E-state index in [0.29, 0.717) is 44.2 Å². The van der Waals surface area contributed by atoms with Crippen LogP contribution in [0.25, 0.3) is 0 Å². The lowest BCUT2D eigenvalue weighted by atomic mass is 10.2. The van der Waals surface area contributed by atoms with Gasteiger partial charge in [-0.25, -0.2) is 8.78 Å². The first-order valence-electron chi connectivity index (χ1n) is 15.6. The summed E-state index contributed by atoms with van der Waals surface area (Å²) in [5.41, 5.74) is 8.39. The Morgan fingerprint density at radius 2 is 1.18 bits per heavy atom. The number of halogens is 6. The second-order valence-corrected chi connectivity index (χ2v) is 13.3. The van der Waals surface area contributed by atoms with Gasteiger partial charge in [-0.2, -0.15) is 15.2 Å². The molecule has 8 N–H and O–H groups in total. The number of H-pyrrole nitrogens is 2. The van der Waals surface area contributed by atoms with E-state index in [0.717, 1.165) is 11.4 Å². The summed E-state index contributed by atoms with van der Waals surface area (Å²) in [4.78, 5) is 28.7. The molecule has 0 fully saturated rings. The van der Waals surface area contributed by atoms with E-state index in [9.17, 15) is 18.4 Å². The summed E-state index contributed by atoms with van der Waals surface area (Å²) >= 11 is 28.3. The maximum absolute atomic E-state index is 13.6. The number of nitrogens with zero attached hydrogens (tertiary/aromatic N) is 3. The molecule has 0 unspecified atom stereocenters. The fraction of sp³-hybridized carbons (Fsp3) is 0.0811. The molecule has 56 heavy (non-hydrogen) atoms. The number of nitrogens with one attached hydrogen (secondary N) is 6. The van der Waals surface area contributed by atoms with E-state index in [-0.39, 0.29) is 28.5 Å². The fourth-order valence-corrected chi connectivity index (χ4v) is 5.30. The van der Waals surface area contributed by atoms with Crippen LogP contribution in [-0.4, -0.2) is 43.3 Å². The van der Waals surface area contributed by atoms with Crippen molar-refractivity contribution in [1.82, 2.24) is 31.0 Å². The molecule has 4 aromatic carbocycles. The topological polar surface area (TPSA) is 178 Å². The van der Waals surface area contributed by atoms with Crippen LogP contribution in [0.1, 0.15) is 39.5 Å². The van der Waals surface area contributed by atoms with Gasteiger partial charge in [0.2, 0.25) is 5.96 Å². The monoisotopic (exact) mass is 860 g/mol. The Labute approximate surface area is 346 Å². The van der Waals surface area contributed by atoms with Gasteiger partial charge < -0.3 is 16.4 Å². The smallest absolute Gasteiger partial charge is 0.258 e. The van der Waals surface area contributed by atoms with E-state index in [1.807, 2.05) is 13.8 Å². The Bertz CT molecular complexity index is 2280. The van der Waals surface area contributed by atoms with Gasteiger partial charge in [-0.1, -0.05) is 66.0 Å². The van der Waals surface area contributed by atoms with Crippen LogP contribution in [0.3, 0.4) is 0 Å². The number of thiocarbonyl (C=S) groups is 1. The van der Waals surface area contributed by atoms with Crippen molar-refractivity contribution in [2.45, 2.75) is 21.3 Å². The maximum Gasteiger partial charge on any atom is 0.258 e. The second-order valence-electron chi connectivity index (χ2n) is 11.2. The van der Waals surface area contributed by atoms with Gasteiger partial charge in [0.1, 0.15) is 17.5 Å². The zero-order valence-corrected chi connectivity index (χ0v) is 32.5. The molecule has 0 aliphatic rings. The molecule has 2 amide bonds. The normalized spacial score (nSPS) is 10.4. The van der Waals surface area contributed by atoms with Gasteiger partial charge in [-0.05, 0) is 98.9 Å². The third-order valence-electron chi connectivity index (χ3n) is 6.52. The molecule has 0 saturated heterocycles. The van der Waals surface area contributed by atoms with E-state index in [1.54, 1.807) is 48.5 Å². The third kappa shape index (κ3) is 15.3. The second kappa shape index (κ2) is 21.5. The average molecular weight is 863 g/mol. The van der Waals surface area contributed by atoms with Crippen LogP contribution in [0.2, 0.25) is 20.1 Å². The van der Waals surface area contributed by atoms with E-state index in [4.69, 9.17) is 64.4 Å². The molecule has 2 aromatic heterocycles. The van der Waals surface area contributed by atoms with E-state index in [2.05, 4.69) is 46.7 Å². The first-order valence-corrected chi connectivity index (χ1v) is 17.6. The van der Waals surface area contributed by atoms with Crippen LogP contribution in [0.4, 0.5) is 31.8 Å². The number of guanidine groups is 1. The number of amides is 2. The van der Waals surface area contributed by atoms with Gasteiger partial charge >= 0.3 is 0 Å². The van der Waals surface area contributed by atoms with E-state index < -0.39 is 23.4 Å². The molecule has 0 spiro atoms. The van der Waals surface area contributed by atoms with Gasteiger partial charge in [0.25, 0.3) is 11.8 Å². The predicted molar refractivity (Wildman–Crippen MR) is 225 cm³/mol. The number of anilines is 3. The summed E-state index contributed by atoms with van der Waals surface area (Å²) in [6.45, 7) is 3.72. The largest absolute Gasteiger partial charge is 0.382 e. The Kier molecular flexibility index (Phi) is 17.2. The molecular weight excluding hydrogens is 828 g/mol. The molecule has 0 radical (unpaired) electrons. The van der Waals surface area contributed by atoms with Crippen LogP contribution in [0, 0.1) is 25.5 Å². The summed E-state index contributed by atoms with van der Waals surface area (Å²) in [5.74, 6) is -0.958. The Morgan fingerprint density at radius 1 is 0.679 bits per heavy atom. The summed E-state index contributed by atoms with van der Waals surface area (Å²) in [6.07, 6.45) is 0. The minimum atomic E-state index is -0.527. The Morgan fingerprint density at radius 3 is 1.61 bits per heavy atom. The zero-order valence-electron chi connectivity index (χ0n) is 28.6. The lowest BCUT2D eigenvalue weighted by molar-refractivity contribution is 0.0969. The van der Waals surface area contributed by atoms with E-state index >= 15 is 0 Å². The molecular formula is C37H34Cl4F2N10O2S. The van der Waals surface area contributed by atoms with E-state index in [1.165, 1.54) is 48.5 Å². The molecule has 12 nitrogen and oxygen atoms in total. The SMILES string of the molecule is C.Cc1cc(N)n[nH]1.Cc1cc(N=C(NC(=O)c2cccc(Cl)c2)Nc2cc(F)cc(Cl)c2)n[nH]1.O=C(NC(=S)Nc1cc(F)cc(Cl)c1)c1cccc(Cl)c1. The number of aliphatic imine (C=N–C) groups is 1. The standard InChI is InChI=1S/C18H14Cl2FN5O.C14H9Cl2FN2OS.C4H7N3.CH4/c1-10-5-16(26-25-10)23-18(22-15-8-13(20)7-14(21)9-15)24-17(27)11-3-2-4-12(19)6-11;15-9-3-1-2-8(4-9)13(20)19-14(21)18-12-6-10(16)5-11(17)7-12;1-3-2-4(5)7-6-3;/h2-9H,1H3,(H3,22,23,24,25,26,27);1-7H,(H2,18,19,20,21);2H,1H3,(H3,5,6,7);1H4. The van der Waals surface area contributed by atoms with Gasteiger partial charge in [0.15, 0.2) is 10.9 Å². The third-order valence-corrected chi connectivity index (χ3v) is 7.63. The predicted octanol–water partition coefficient (Wildman–Crippen LogP) is 9.89. The Balaban J connectivity index is 0.000000257. The fourth-order valence-electron chi connectivity index (χ4n) is 4.27. The van der Waals surface area contributed by atoms with Crippen LogP contribution >= 0.6 is 58.6 Å². The molecule has 0 aliphatic carbocycles. The zero-order chi connectivity index (χ0) is 40.1. The van der Waals surface area contributed by atoms with Gasteiger partial charge in [0.05, 0.1) is 0 Å². The first-order chi connectivity index (χ1) is 26.1. The highest BCUT2D eigenvalue weighted by molar-refractivity contribution is 7.80. The van der Waals surface area contributed by atoms with Crippen LogP contribution in [0.5, 0.6) is 0 Å². The number of aromatic amines is 2. The van der Waals surface area contributed by atoms with Crippen molar-refractivity contribution < 1.29 is 18.4 Å². The summed E-state index contributed by atoms with van der Waals surface area (Å²) in [6, 6.07) is 24.1. The number of carbonyl (C=O) groups is 2. The number of hydrogen-bond acceptors (Lipinski definition) is 7. The lowest BCUT2D eigenvalue weighted by Gasteiger charge is -2.12. The number of nitrogen functional groups attached to an aromatic ring is 1. The number of aromatic nitrogens is 4. The number of carbonyl (C=O) groups excluding carboxylic acids is 2. The minimum Gasteiger partial charge on any atom is -0.382 e. The van der Waals surface area contributed by atoms with Crippen LogP contribution < -0.4 is 27.0 Å². The lowest BCUT2D eigenvalue weighted by Crippen LogP contribution is -2.35. The highest BCUT2D eigenvalue weighted by atomic mass is 35.5. The number of rotatable bonds is 5. The molecule has 0 aliphatic heterocycles. The van der Waals surface area contributed by atoms with Crippen LogP contribution in [0.15, 0.2) is 102 Å². The molecule has 6 aromatic rings. The van der Waals surface area contributed by atoms with Crippen molar-refractivity contribution in [3.8, 4) is 0 Å². The van der Waals surface area contributed by atoms with Crippen molar-refractivity contribution >= 4 is 105 Å². The Hall–Kier alpha value is -5.58. The molecule has 292 valence electrons. The van der Waals surface area contributed by atoms with Crippen LogP contribution in [-0.2, 0) is 0 Å². The van der Waals surface area contributed by atoms with Gasteiger partial charge in [-0.3, -0.25) is 30.4 Å². The quantitative estimate of drug-likeness (QED) is 0.0509. The molecule has 0 bridgehead atoms. The summed E-state index contributed by atoms with van der Waals surface area (Å²) in [5, 5.41) is 25.1. The van der Waals surface area contributed by atoms with Crippen molar-refractivity contribution in [2.75, 3.05) is 16.4 Å². The molecule has 0 atom stereocenters. The number of nitrogens with two attached hydrogens (primary N) is 1. The van der Waals surface area contributed by atoms with Gasteiger partial charge in [-0.15, -0.1) is 0 Å². The highest BCUT2D eigenvalue weighted by Gasteiger charge is 2.13. The number of benzene rings is 4. The highest BCUT2D eigenvalue weighted by Crippen LogP contribution is 2.20. The summed E-state index contributed by atoms with van der Waals surface area (Å²) in [7, 11) is 0. The maximum atomic E-state index is 13.6. The minimum absolute atomic E-state index is 0. The molecule has 0 saturated carbocycles. The summed E-state index contributed by atoms with van der Waals surface area (Å²) < 4.78 is 26.8. The molecule has 2 heterocycles.